The number of allylic oxidation sites excluding steroid dienone is 5. The summed E-state index contributed by atoms with van der Waals surface area (Å²) in [5.41, 5.74) is 0. The highest BCUT2D eigenvalue weighted by molar-refractivity contribution is 7.99. The molecule has 0 spiro atoms. The third-order valence-corrected chi connectivity index (χ3v) is 3.65. The molecule has 0 aromatic carbocycles. The number of hydrogen-bond acceptors (Lipinski definition) is 1. The molecule has 0 aromatic rings. The van der Waals surface area contributed by atoms with Crippen molar-refractivity contribution in [2.24, 2.45) is 5.92 Å². The highest BCUT2D eigenvalue weighted by Crippen LogP contribution is 2.19. The van der Waals surface area contributed by atoms with E-state index in [2.05, 4.69) is 38.3 Å². The molecule has 1 heteroatoms. The average Bonchev–Trinajstić information content (AvgIpc) is 2.34. The van der Waals surface area contributed by atoms with Crippen molar-refractivity contribution in [2.75, 3.05) is 11.5 Å². The average molecular weight is 250 g/mol. The molecule has 1 unspecified atom stereocenters. The maximum Gasteiger partial charge on any atom is 0.0110 e. The summed E-state index contributed by atoms with van der Waals surface area (Å²) in [5.74, 6) is 3.07. The minimum Gasteiger partial charge on any atom is -0.158 e. The zero-order chi connectivity index (χ0) is 12.8. The van der Waals surface area contributed by atoms with Crippen LogP contribution in [0.2, 0.25) is 0 Å². The smallest absolute Gasteiger partial charge is 0.0110 e. The fourth-order valence-electron chi connectivity index (χ4n) is 1.57. The van der Waals surface area contributed by atoms with Crippen LogP contribution in [0.15, 0.2) is 49.6 Å². The first-order valence-electron chi connectivity index (χ1n) is 6.46. The van der Waals surface area contributed by atoms with Crippen molar-refractivity contribution in [3.8, 4) is 0 Å². The van der Waals surface area contributed by atoms with Crippen LogP contribution in [-0.4, -0.2) is 11.5 Å². The molecule has 96 valence electrons. The van der Waals surface area contributed by atoms with Crippen LogP contribution in [0.3, 0.4) is 0 Å². The lowest BCUT2D eigenvalue weighted by atomic mass is 10.0. The van der Waals surface area contributed by atoms with Gasteiger partial charge in [0.2, 0.25) is 0 Å². The van der Waals surface area contributed by atoms with Crippen LogP contribution in [0, 0.1) is 5.92 Å². The van der Waals surface area contributed by atoms with Gasteiger partial charge in [-0.2, -0.15) is 11.8 Å². The van der Waals surface area contributed by atoms with Gasteiger partial charge in [0.05, 0.1) is 0 Å². The molecular weight excluding hydrogens is 224 g/mol. The molecular formula is C16H26S. The Labute approximate surface area is 112 Å². The van der Waals surface area contributed by atoms with Gasteiger partial charge in [0.1, 0.15) is 0 Å². The van der Waals surface area contributed by atoms with Crippen molar-refractivity contribution in [1.29, 1.82) is 0 Å². The highest BCUT2D eigenvalue weighted by atomic mass is 32.2. The zero-order valence-corrected chi connectivity index (χ0v) is 11.9. The molecule has 1 atom stereocenters. The molecule has 0 bridgehead atoms. The number of hydrogen-bond donors (Lipinski definition) is 0. The second-order valence-electron chi connectivity index (χ2n) is 4.05. The van der Waals surface area contributed by atoms with E-state index in [0.717, 1.165) is 24.5 Å². The SMILES string of the molecule is C=C/C=C\CC(CC/C=C\CC)CSCC=C. The molecule has 0 radical (unpaired) electrons. The van der Waals surface area contributed by atoms with Gasteiger partial charge in [0.15, 0.2) is 0 Å². The Morgan fingerprint density at radius 2 is 2.00 bits per heavy atom. The second kappa shape index (κ2) is 13.4. The fourth-order valence-corrected chi connectivity index (χ4v) is 2.51. The summed E-state index contributed by atoms with van der Waals surface area (Å²) in [5, 5.41) is 0. The molecule has 0 aliphatic rings. The minimum absolute atomic E-state index is 0.776. The summed E-state index contributed by atoms with van der Waals surface area (Å²) in [4.78, 5) is 0. The molecule has 0 nitrogen and oxygen atoms in total. The van der Waals surface area contributed by atoms with Crippen LogP contribution < -0.4 is 0 Å². The maximum atomic E-state index is 3.76. The fraction of sp³-hybridized carbons (Fsp3) is 0.500. The van der Waals surface area contributed by atoms with Gasteiger partial charge in [-0.15, -0.1) is 6.58 Å². The summed E-state index contributed by atoms with van der Waals surface area (Å²) < 4.78 is 0. The van der Waals surface area contributed by atoms with Gasteiger partial charge in [-0.3, -0.25) is 0 Å². The number of rotatable bonds is 11. The lowest BCUT2D eigenvalue weighted by molar-refractivity contribution is 0.555. The Bertz CT molecular complexity index is 238. The Morgan fingerprint density at radius 1 is 1.18 bits per heavy atom. The van der Waals surface area contributed by atoms with E-state index in [1.807, 2.05) is 30.0 Å². The van der Waals surface area contributed by atoms with Gasteiger partial charge in [0.25, 0.3) is 0 Å². The van der Waals surface area contributed by atoms with E-state index in [0.29, 0.717) is 0 Å². The summed E-state index contributed by atoms with van der Waals surface area (Å²) in [6.45, 7) is 9.64. The van der Waals surface area contributed by atoms with Gasteiger partial charge >= 0.3 is 0 Å². The molecule has 17 heavy (non-hydrogen) atoms. The van der Waals surface area contributed by atoms with Crippen molar-refractivity contribution in [2.45, 2.75) is 32.6 Å². The van der Waals surface area contributed by atoms with Gasteiger partial charge in [-0.25, -0.2) is 0 Å². The lowest BCUT2D eigenvalue weighted by Crippen LogP contribution is -2.02. The van der Waals surface area contributed by atoms with Crippen molar-refractivity contribution < 1.29 is 0 Å². The zero-order valence-electron chi connectivity index (χ0n) is 11.1. The van der Waals surface area contributed by atoms with Crippen LogP contribution >= 0.6 is 11.8 Å². The quantitative estimate of drug-likeness (QED) is 0.269. The Balaban J connectivity index is 3.90. The molecule has 0 fully saturated rings. The largest absolute Gasteiger partial charge is 0.158 e. The van der Waals surface area contributed by atoms with E-state index in [1.54, 1.807) is 0 Å². The predicted octanol–water partition coefficient (Wildman–Crippen LogP) is 5.40. The third-order valence-electron chi connectivity index (χ3n) is 2.47. The highest BCUT2D eigenvalue weighted by Gasteiger charge is 2.05. The summed E-state index contributed by atoms with van der Waals surface area (Å²) in [6.07, 6.45) is 17.5. The van der Waals surface area contributed by atoms with Gasteiger partial charge < -0.3 is 0 Å². The van der Waals surface area contributed by atoms with E-state index in [9.17, 15) is 0 Å². The molecule has 0 saturated heterocycles. The van der Waals surface area contributed by atoms with Gasteiger partial charge in [-0.1, -0.05) is 50.0 Å². The number of thioether (sulfide) groups is 1. The van der Waals surface area contributed by atoms with E-state index in [-0.39, 0.29) is 0 Å². The van der Waals surface area contributed by atoms with Crippen LogP contribution in [-0.2, 0) is 0 Å². The van der Waals surface area contributed by atoms with Crippen molar-refractivity contribution >= 4 is 11.8 Å². The topological polar surface area (TPSA) is 0 Å². The van der Waals surface area contributed by atoms with Crippen molar-refractivity contribution in [1.82, 2.24) is 0 Å². The van der Waals surface area contributed by atoms with Crippen LogP contribution in [0.4, 0.5) is 0 Å². The third kappa shape index (κ3) is 11.6. The summed E-state index contributed by atoms with van der Waals surface area (Å²) in [7, 11) is 0. The summed E-state index contributed by atoms with van der Waals surface area (Å²) in [6, 6.07) is 0. The first-order valence-corrected chi connectivity index (χ1v) is 7.61. The monoisotopic (exact) mass is 250 g/mol. The van der Waals surface area contributed by atoms with Crippen molar-refractivity contribution in [3.05, 3.63) is 49.6 Å². The van der Waals surface area contributed by atoms with E-state index in [4.69, 9.17) is 0 Å². The van der Waals surface area contributed by atoms with Gasteiger partial charge in [0, 0.05) is 5.75 Å². The molecule has 0 heterocycles. The maximum absolute atomic E-state index is 3.76. The lowest BCUT2D eigenvalue weighted by Gasteiger charge is -2.13. The Hall–Kier alpha value is -0.690. The molecule has 0 N–H and O–H groups in total. The van der Waals surface area contributed by atoms with Crippen LogP contribution in [0.25, 0.3) is 0 Å². The first kappa shape index (κ1) is 16.3. The van der Waals surface area contributed by atoms with Crippen LogP contribution in [0.5, 0.6) is 0 Å². The molecule has 0 aliphatic heterocycles. The Morgan fingerprint density at radius 3 is 2.65 bits per heavy atom. The molecule has 0 aromatic heterocycles. The predicted molar refractivity (Wildman–Crippen MR) is 83.6 cm³/mol. The first-order chi connectivity index (χ1) is 8.35. The van der Waals surface area contributed by atoms with Crippen LogP contribution in [0.1, 0.15) is 32.6 Å². The molecule has 0 amide bonds. The second-order valence-corrected chi connectivity index (χ2v) is 5.12. The summed E-state index contributed by atoms with van der Waals surface area (Å²) >= 11 is 1.98. The van der Waals surface area contributed by atoms with E-state index in [1.165, 1.54) is 18.6 Å². The Kier molecular flexibility index (Phi) is 12.8. The molecule has 0 saturated carbocycles. The van der Waals surface area contributed by atoms with Gasteiger partial charge in [-0.05, 0) is 37.4 Å². The normalized spacial score (nSPS) is 13.2. The van der Waals surface area contributed by atoms with E-state index < -0.39 is 0 Å². The minimum atomic E-state index is 0.776. The van der Waals surface area contributed by atoms with E-state index >= 15 is 0 Å². The van der Waals surface area contributed by atoms with Crippen molar-refractivity contribution in [3.63, 3.8) is 0 Å². The molecule has 0 rings (SSSR count). The molecule has 0 aliphatic carbocycles. The standard InChI is InChI=1S/C16H26S/c1-4-7-9-11-13-16(12-10-8-5-2)15-17-14-6-3/h5-10,16H,2-4,11-15H2,1H3/b9-7-,10-8-.